The van der Waals surface area contributed by atoms with Crippen LogP contribution >= 0.6 is 0 Å². The van der Waals surface area contributed by atoms with Crippen LogP contribution in [0.5, 0.6) is 0 Å². The molecule has 2 spiro atoms. The Kier molecular flexibility index (Phi) is 2.75. The van der Waals surface area contributed by atoms with E-state index in [-0.39, 0.29) is 0 Å². The smallest absolute Gasteiger partial charge is 0.0619 e. The summed E-state index contributed by atoms with van der Waals surface area (Å²) in [5.74, 6) is 8.90. The molecule has 0 unspecified atom stereocenters. The average Bonchev–Trinajstić information content (AvgIpc) is 3.29. The SMILES string of the molecule is c1ccc([S+]2C3(C4CC5CC(C4)CC3C5)C23C2CC4CC(C2)CC3C4)cc1. The second-order valence-electron chi connectivity index (χ2n) is 11.8. The molecule has 0 N–H and O–H groups in total. The molecule has 10 rings (SSSR count). The molecule has 0 amide bonds. The zero-order valence-electron chi connectivity index (χ0n) is 16.5. The highest BCUT2D eigenvalue weighted by molar-refractivity contribution is 8.07. The fourth-order valence-electron chi connectivity index (χ4n) is 11.1. The summed E-state index contributed by atoms with van der Waals surface area (Å²) in [6, 6.07) is 12.1. The lowest BCUT2D eigenvalue weighted by Crippen LogP contribution is -2.61. The maximum atomic E-state index is 2.55. The third kappa shape index (κ3) is 1.59. The maximum Gasteiger partial charge on any atom is 0.190 e. The predicted octanol–water partition coefficient (Wildman–Crippen LogP) is 6.07. The van der Waals surface area contributed by atoms with Gasteiger partial charge in [-0.25, -0.2) is 0 Å². The second kappa shape index (κ2) is 4.82. The summed E-state index contributed by atoms with van der Waals surface area (Å²) >= 11 is 0. The van der Waals surface area contributed by atoms with Crippen LogP contribution in [-0.2, 0) is 10.9 Å². The highest BCUT2D eigenvalue weighted by Crippen LogP contribution is 2.85. The first kappa shape index (κ1) is 15.4. The van der Waals surface area contributed by atoms with Crippen molar-refractivity contribution in [1.82, 2.24) is 0 Å². The van der Waals surface area contributed by atoms with E-state index in [2.05, 4.69) is 30.3 Å². The Labute approximate surface area is 167 Å². The van der Waals surface area contributed by atoms with Gasteiger partial charge in [0.05, 0.1) is 0 Å². The van der Waals surface area contributed by atoms with Crippen LogP contribution in [0.1, 0.15) is 64.2 Å². The standard InChI is InChI=1S/C26H33S/c1-2-4-24(5-3-1)27-25(20-8-16-6-17(10-20)11-21(25)9-16)26(27)22-12-18-7-19(14-22)15-23(26)13-18/h1-5,16-23H,6-15H2/q+1. The Balaban J connectivity index is 1.34. The molecule has 0 radical (unpaired) electrons. The van der Waals surface area contributed by atoms with Gasteiger partial charge in [-0.15, -0.1) is 0 Å². The summed E-state index contributed by atoms with van der Waals surface area (Å²) in [6.45, 7) is 0. The highest BCUT2D eigenvalue weighted by Gasteiger charge is 2.99. The van der Waals surface area contributed by atoms with Crippen LogP contribution in [0.4, 0.5) is 0 Å². The van der Waals surface area contributed by atoms with E-state index in [0.717, 1.165) is 56.8 Å². The number of benzene rings is 1. The van der Waals surface area contributed by atoms with Crippen molar-refractivity contribution in [3.63, 3.8) is 0 Å². The van der Waals surface area contributed by atoms with Gasteiger partial charge in [0, 0.05) is 34.6 Å². The molecule has 0 aromatic heterocycles. The van der Waals surface area contributed by atoms with Crippen LogP contribution in [0.25, 0.3) is 0 Å². The van der Waals surface area contributed by atoms with Crippen LogP contribution in [0, 0.1) is 47.3 Å². The number of hydrogen-bond acceptors (Lipinski definition) is 0. The molecular formula is C26H33S+. The summed E-state index contributed by atoms with van der Waals surface area (Å²) in [7, 11) is 0.575. The van der Waals surface area contributed by atoms with E-state index in [1.165, 1.54) is 0 Å². The molecule has 8 bridgehead atoms. The Morgan fingerprint density at radius 3 is 1.26 bits per heavy atom. The van der Waals surface area contributed by atoms with Crippen LogP contribution < -0.4 is 0 Å². The van der Waals surface area contributed by atoms with Gasteiger partial charge in [0.25, 0.3) is 0 Å². The summed E-state index contributed by atoms with van der Waals surface area (Å²) in [4.78, 5) is 1.79. The van der Waals surface area contributed by atoms with Crippen molar-refractivity contribution < 1.29 is 0 Å². The van der Waals surface area contributed by atoms with Gasteiger partial charge in [0.1, 0.15) is 0 Å². The molecule has 1 heterocycles. The lowest BCUT2D eigenvalue weighted by molar-refractivity contribution is -0.0747. The van der Waals surface area contributed by atoms with E-state index in [1.54, 1.807) is 69.1 Å². The van der Waals surface area contributed by atoms with E-state index < -0.39 is 0 Å². The van der Waals surface area contributed by atoms with Crippen LogP contribution in [0.3, 0.4) is 0 Å². The second-order valence-corrected chi connectivity index (χ2v) is 14.2. The molecule has 8 aliphatic carbocycles. The van der Waals surface area contributed by atoms with Crippen molar-refractivity contribution in [3.05, 3.63) is 30.3 Å². The lowest BCUT2D eigenvalue weighted by atomic mass is 9.42. The molecular weight excluding hydrogens is 344 g/mol. The quantitative estimate of drug-likeness (QED) is 0.412. The van der Waals surface area contributed by atoms with E-state index in [4.69, 9.17) is 0 Å². The molecule has 0 atom stereocenters. The zero-order chi connectivity index (χ0) is 17.4. The number of hydrogen-bond donors (Lipinski definition) is 0. The van der Waals surface area contributed by atoms with Crippen LogP contribution in [-0.4, -0.2) is 9.49 Å². The molecule has 9 aliphatic rings. The first-order valence-electron chi connectivity index (χ1n) is 12.1. The number of rotatable bonds is 1. The van der Waals surface area contributed by atoms with Crippen molar-refractivity contribution in [2.24, 2.45) is 47.3 Å². The predicted molar refractivity (Wildman–Crippen MR) is 112 cm³/mol. The van der Waals surface area contributed by atoms with E-state index >= 15 is 0 Å². The van der Waals surface area contributed by atoms with Crippen molar-refractivity contribution in [2.75, 3.05) is 0 Å². The Morgan fingerprint density at radius 2 is 0.889 bits per heavy atom. The van der Waals surface area contributed by atoms with Crippen LogP contribution in [0.2, 0.25) is 0 Å². The molecule has 1 heteroatoms. The first-order valence-corrected chi connectivity index (χ1v) is 13.3. The summed E-state index contributed by atoms with van der Waals surface area (Å²) in [5.41, 5.74) is 0. The van der Waals surface area contributed by atoms with Gasteiger partial charge >= 0.3 is 0 Å². The first-order chi connectivity index (χ1) is 13.3. The molecule has 0 nitrogen and oxygen atoms in total. The van der Waals surface area contributed by atoms with Crippen molar-refractivity contribution in [3.8, 4) is 0 Å². The molecule has 1 aromatic rings. The fourth-order valence-corrected chi connectivity index (χ4v) is 15.9. The topological polar surface area (TPSA) is 0 Å². The molecule has 1 saturated heterocycles. The molecule has 142 valence electrons. The Bertz CT molecular complexity index is 690. The van der Waals surface area contributed by atoms with Gasteiger partial charge in [0.2, 0.25) is 0 Å². The molecule has 9 fully saturated rings. The minimum absolute atomic E-state index is 0.575. The van der Waals surface area contributed by atoms with E-state index in [0.29, 0.717) is 10.9 Å². The van der Waals surface area contributed by atoms with Crippen molar-refractivity contribution >= 4 is 10.9 Å². The summed E-state index contributed by atoms with van der Waals surface area (Å²) in [6.07, 6.45) is 16.2. The Hall–Kier alpha value is -0.430. The van der Waals surface area contributed by atoms with E-state index in [1.807, 2.05) is 0 Å². The summed E-state index contributed by atoms with van der Waals surface area (Å²) < 4.78 is 1.54. The monoisotopic (exact) mass is 377 g/mol. The van der Waals surface area contributed by atoms with Gasteiger partial charge in [-0.05, 0) is 100 Å². The van der Waals surface area contributed by atoms with E-state index in [9.17, 15) is 0 Å². The minimum Gasteiger partial charge on any atom is -0.0619 e. The highest BCUT2D eigenvalue weighted by atomic mass is 32.2. The van der Waals surface area contributed by atoms with Gasteiger partial charge in [-0.2, -0.15) is 0 Å². The normalized spacial score (nSPS) is 61.3. The lowest BCUT2D eigenvalue weighted by Gasteiger charge is -2.57. The molecule has 1 aliphatic heterocycles. The third-order valence-corrected chi connectivity index (χ3v) is 14.8. The van der Waals surface area contributed by atoms with Gasteiger partial charge in [-0.1, -0.05) is 18.2 Å². The van der Waals surface area contributed by atoms with Gasteiger partial charge in [0.15, 0.2) is 14.4 Å². The van der Waals surface area contributed by atoms with Crippen LogP contribution in [0.15, 0.2) is 35.2 Å². The van der Waals surface area contributed by atoms with Gasteiger partial charge in [-0.3, -0.25) is 0 Å². The minimum atomic E-state index is 0.575. The fraction of sp³-hybridized carbons (Fsp3) is 0.769. The average molecular weight is 378 g/mol. The summed E-state index contributed by atoms with van der Waals surface area (Å²) in [5, 5.41) is 0. The zero-order valence-corrected chi connectivity index (χ0v) is 17.3. The molecule has 1 aromatic carbocycles. The largest absolute Gasteiger partial charge is 0.190 e. The van der Waals surface area contributed by atoms with Crippen molar-refractivity contribution in [1.29, 1.82) is 0 Å². The Morgan fingerprint density at radius 1 is 0.519 bits per heavy atom. The maximum absolute atomic E-state index is 2.55. The van der Waals surface area contributed by atoms with Gasteiger partial charge < -0.3 is 0 Å². The third-order valence-electron chi connectivity index (χ3n) is 10.9. The molecule has 27 heavy (non-hydrogen) atoms. The molecule has 8 saturated carbocycles. The van der Waals surface area contributed by atoms with Crippen molar-refractivity contribution in [2.45, 2.75) is 78.6 Å².